The third-order valence-corrected chi connectivity index (χ3v) is 1.10. The molecule has 6 N–H and O–H groups in total. The van der Waals surface area contributed by atoms with Gasteiger partial charge in [0, 0.05) is 16.7 Å². The molecule has 20 heavy (non-hydrogen) atoms. The van der Waals surface area contributed by atoms with Crippen molar-refractivity contribution in [3.63, 3.8) is 0 Å². The molecule has 0 spiro atoms. The highest BCUT2D eigenvalue weighted by atomic mass is 35.5. The van der Waals surface area contributed by atoms with Crippen molar-refractivity contribution in [2.75, 3.05) is 0 Å². The minimum atomic E-state index is -0.935. The lowest BCUT2D eigenvalue weighted by Gasteiger charge is -1.79. The topological polar surface area (TPSA) is 147 Å². The molecule has 118 valence electrons. The molecular weight excluding hydrogens is 290 g/mol. The number of hydrogen-bond donors (Lipinski definition) is 4. The Bertz CT molecular complexity index is 283. The van der Waals surface area contributed by atoms with Crippen LogP contribution in [0.3, 0.4) is 0 Å². The summed E-state index contributed by atoms with van der Waals surface area (Å²) < 4.78 is 0. The normalized spacial score (nSPS) is 6.75. The monoisotopic (exact) mass is 311 g/mol. The Morgan fingerprint density at radius 1 is 0.650 bits per heavy atom. The van der Waals surface area contributed by atoms with Crippen molar-refractivity contribution in [2.45, 2.75) is 20.8 Å². The Balaban J connectivity index is -0.0000000536. The lowest BCUT2D eigenvalue weighted by Crippen LogP contribution is -1.92. The van der Waals surface area contributed by atoms with Gasteiger partial charge in [-0.05, 0) is 20.8 Å². The van der Waals surface area contributed by atoms with Crippen LogP contribution in [0.4, 0.5) is 0 Å². The SMILES string of the molecule is C=C(C)C(=O)O.C=C(C)C(=O)O.C=C(C)C(=O)O.Cl.N. The Labute approximate surface area is 124 Å². The van der Waals surface area contributed by atoms with E-state index in [0.29, 0.717) is 0 Å². The molecule has 0 aliphatic carbocycles. The van der Waals surface area contributed by atoms with E-state index in [4.69, 9.17) is 15.3 Å². The zero-order valence-corrected chi connectivity index (χ0v) is 12.6. The zero-order valence-electron chi connectivity index (χ0n) is 11.8. The van der Waals surface area contributed by atoms with Gasteiger partial charge in [0.1, 0.15) is 0 Å². The Morgan fingerprint density at radius 2 is 0.700 bits per heavy atom. The van der Waals surface area contributed by atoms with E-state index in [1.807, 2.05) is 0 Å². The number of carbonyl (C=O) groups is 3. The average molecular weight is 312 g/mol. The fraction of sp³-hybridized carbons (Fsp3) is 0.250. The molecule has 0 atom stereocenters. The fourth-order valence-corrected chi connectivity index (χ4v) is 0. The predicted octanol–water partition coefficient (Wildman–Crippen LogP) is 2.53. The van der Waals surface area contributed by atoms with Crippen LogP contribution >= 0.6 is 12.4 Å². The molecule has 0 aliphatic heterocycles. The van der Waals surface area contributed by atoms with Gasteiger partial charge in [-0.2, -0.15) is 0 Å². The number of carboxylic acid groups (broad SMARTS) is 3. The number of aliphatic carboxylic acids is 3. The van der Waals surface area contributed by atoms with E-state index in [0.717, 1.165) is 0 Å². The van der Waals surface area contributed by atoms with Crippen LogP contribution in [-0.4, -0.2) is 33.2 Å². The number of rotatable bonds is 3. The average Bonchev–Trinajstić information content (AvgIpc) is 2.18. The lowest BCUT2D eigenvalue weighted by molar-refractivity contribution is -0.133. The van der Waals surface area contributed by atoms with Gasteiger partial charge in [0.2, 0.25) is 0 Å². The number of halogens is 1. The van der Waals surface area contributed by atoms with Crippen LogP contribution in [0.5, 0.6) is 0 Å². The van der Waals surface area contributed by atoms with Gasteiger partial charge in [-0.3, -0.25) is 0 Å². The first-order valence-corrected chi connectivity index (χ1v) is 4.59. The maximum absolute atomic E-state index is 9.60. The van der Waals surface area contributed by atoms with E-state index in [1.54, 1.807) is 0 Å². The summed E-state index contributed by atoms with van der Waals surface area (Å²) in [7, 11) is 0. The maximum atomic E-state index is 9.60. The first-order chi connectivity index (χ1) is 7.93. The van der Waals surface area contributed by atoms with Crippen molar-refractivity contribution in [2.24, 2.45) is 0 Å². The van der Waals surface area contributed by atoms with Gasteiger partial charge in [0.25, 0.3) is 0 Å². The summed E-state index contributed by atoms with van der Waals surface area (Å²) >= 11 is 0. The molecule has 0 saturated carbocycles. The van der Waals surface area contributed by atoms with Gasteiger partial charge in [0.05, 0.1) is 0 Å². The van der Waals surface area contributed by atoms with Gasteiger partial charge < -0.3 is 21.5 Å². The summed E-state index contributed by atoms with van der Waals surface area (Å²) in [6, 6.07) is 0. The standard InChI is InChI=1S/3C4H6O2.ClH.H3N/c3*1-3(2)4(5)6;;/h3*1H2,2H3,(H,5,6);1H;1H3. The predicted molar refractivity (Wildman–Crippen MR) is 79.6 cm³/mol. The van der Waals surface area contributed by atoms with Crippen molar-refractivity contribution in [1.29, 1.82) is 0 Å². The molecule has 0 unspecified atom stereocenters. The molecular formula is C12H22ClNO6. The van der Waals surface area contributed by atoms with E-state index in [9.17, 15) is 14.4 Å². The van der Waals surface area contributed by atoms with Crippen molar-refractivity contribution in [1.82, 2.24) is 6.15 Å². The van der Waals surface area contributed by atoms with E-state index in [-0.39, 0.29) is 35.3 Å². The Hall–Kier alpha value is -2.12. The van der Waals surface area contributed by atoms with Crippen LogP contribution in [0.2, 0.25) is 0 Å². The fourth-order valence-electron chi connectivity index (χ4n) is 0. The Morgan fingerprint density at radius 3 is 0.700 bits per heavy atom. The highest BCUT2D eigenvalue weighted by molar-refractivity contribution is 5.86. The van der Waals surface area contributed by atoms with Crippen LogP contribution in [0, 0.1) is 0 Å². The molecule has 0 aliphatic rings. The lowest BCUT2D eigenvalue weighted by atomic mass is 10.4. The second-order valence-corrected chi connectivity index (χ2v) is 3.26. The highest BCUT2D eigenvalue weighted by Gasteiger charge is 1.91. The largest absolute Gasteiger partial charge is 0.478 e. The van der Waals surface area contributed by atoms with Crippen molar-refractivity contribution in [3.8, 4) is 0 Å². The highest BCUT2D eigenvalue weighted by Crippen LogP contribution is 1.82. The Kier molecular flexibility index (Phi) is 25.9. The summed E-state index contributed by atoms with van der Waals surface area (Å²) in [5, 5.41) is 23.7. The first kappa shape index (κ1) is 30.7. The number of carboxylic acids is 3. The zero-order chi connectivity index (χ0) is 15.5. The van der Waals surface area contributed by atoms with E-state index < -0.39 is 17.9 Å². The summed E-state index contributed by atoms with van der Waals surface area (Å²) in [6.07, 6.45) is 0. The van der Waals surface area contributed by atoms with Crippen molar-refractivity contribution in [3.05, 3.63) is 36.5 Å². The summed E-state index contributed by atoms with van der Waals surface area (Å²) in [5.41, 5.74) is 0.528. The van der Waals surface area contributed by atoms with Crippen LogP contribution in [0.1, 0.15) is 20.8 Å². The first-order valence-electron chi connectivity index (χ1n) is 4.59. The minimum Gasteiger partial charge on any atom is -0.478 e. The molecule has 0 radical (unpaired) electrons. The minimum absolute atomic E-state index is 0. The molecule has 8 heteroatoms. The van der Waals surface area contributed by atoms with Crippen LogP contribution in [-0.2, 0) is 14.4 Å². The van der Waals surface area contributed by atoms with Gasteiger partial charge in [0.15, 0.2) is 0 Å². The second kappa shape index (κ2) is 16.9. The van der Waals surface area contributed by atoms with Crippen molar-refractivity contribution < 1.29 is 29.7 Å². The molecule has 0 aromatic heterocycles. The van der Waals surface area contributed by atoms with E-state index in [1.165, 1.54) is 20.8 Å². The van der Waals surface area contributed by atoms with Gasteiger partial charge in [-0.15, -0.1) is 12.4 Å². The molecule has 0 fully saturated rings. The molecule has 0 aromatic rings. The van der Waals surface area contributed by atoms with Crippen LogP contribution in [0.15, 0.2) is 36.5 Å². The summed E-state index contributed by atoms with van der Waals surface area (Å²) in [6.45, 7) is 13.8. The molecule has 0 bridgehead atoms. The molecule has 0 saturated heterocycles. The third-order valence-electron chi connectivity index (χ3n) is 1.10. The molecule has 0 amide bonds. The second-order valence-electron chi connectivity index (χ2n) is 3.26. The van der Waals surface area contributed by atoms with Gasteiger partial charge >= 0.3 is 17.9 Å². The molecule has 0 rings (SSSR count). The van der Waals surface area contributed by atoms with Crippen molar-refractivity contribution >= 4 is 30.3 Å². The smallest absolute Gasteiger partial charge is 0.330 e. The van der Waals surface area contributed by atoms with Gasteiger partial charge in [-0.1, -0.05) is 19.7 Å². The van der Waals surface area contributed by atoms with E-state index >= 15 is 0 Å². The van der Waals surface area contributed by atoms with Crippen LogP contribution < -0.4 is 6.15 Å². The third kappa shape index (κ3) is 36.0. The van der Waals surface area contributed by atoms with Crippen LogP contribution in [0.25, 0.3) is 0 Å². The quantitative estimate of drug-likeness (QED) is 0.585. The molecule has 7 nitrogen and oxygen atoms in total. The number of hydrogen-bond acceptors (Lipinski definition) is 4. The van der Waals surface area contributed by atoms with E-state index in [2.05, 4.69) is 19.7 Å². The van der Waals surface area contributed by atoms with Gasteiger partial charge in [-0.25, -0.2) is 14.4 Å². The summed E-state index contributed by atoms with van der Waals surface area (Å²) in [4.78, 5) is 28.8. The molecule has 0 heterocycles. The summed E-state index contributed by atoms with van der Waals surface area (Å²) in [5.74, 6) is -2.81. The molecule has 0 aromatic carbocycles. The maximum Gasteiger partial charge on any atom is 0.330 e.